The first-order valence-electron chi connectivity index (χ1n) is 4.67. The van der Waals surface area contributed by atoms with Crippen LogP contribution in [0.15, 0.2) is 0 Å². The zero-order chi connectivity index (χ0) is 9.19. The lowest BCUT2D eigenvalue weighted by Gasteiger charge is -2.12. The number of hydrogen-bond donors (Lipinski definition) is 0. The molecule has 12 heavy (non-hydrogen) atoms. The van der Waals surface area contributed by atoms with E-state index in [2.05, 4.69) is 0 Å². The van der Waals surface area contributed by atoms with Gasteiger partial charge in [-0.1, -0.05) is 13.8 Å². The van der Waals surface area contributed by atoms with Gasteiger partial charge in [-0.25, -0.2) is 0 Å². The van der Waals surface area contributed by atoms with Gasteiger partial charge in [0.2, 0.25) is 0 Å². The van der Waals surface area contributed by atoms with Crippen molar-refractivity contribution in [2.75, 3.05) is 7.11 Å². The van der Waals surface area contributed by atoms with Gasteiger partial charge in [0.1, 0.15) is 5.78 Å². The van der Waals surface area contributed by atoms with E-state index in [4.69, 9.17) is 4.74 Å². The van der Waals surface area contributed by atoms with Crippen LogP contribution >= 0.6 is 0 Å². The van der Waals surface area contributed by atoms with Crippen LogP contribution in [0.3, 0.4) is 0 Å². The van der Waals surface area contributed by atoms with E-state index in [-0.39, 0.29) is 11.5 Å². The number of ether oxygens (including phenoxy) is 1. The summed E-state index contributed by atoms with van der Waals surface area (Å²) in [7, 11) is 1.74. The topological polar surface area (TPSA) is 26.3 Å². The average molecular weight is 170 g/mol. The van der Waals surface area contributed by atoms with Crippen LogP contribution in [0.4, 0.5) is 0 Å². The van der Waals surface area contributed by atoms with E-state index in [1.54, 1.807) is 7.11 Å². The molecule has 0 aromatic carbocycles. The minimum Gasteiger partial charge on any atom is -0.378 e. The largest absolute Gasteiger partial charge is 0.378 e. The summed E-state index contributed by atoms with van der Waals surface area (Å²) in [5.41, 5.74) is 0.0878. The second-order valence-corrected chi connectivity index (χ2v) is 4.01. The van der Waals surface area contributed by atoms with Gasteiger partial charge in [-0.2, -0.15) is 0 Å². The van der Waals surface area contributed by atoms with E-state index in [1.807, 2.05) is 13.8 Å². The Hall–Kier alpha value is -0.370. The average Bonchev–Trinajstić information content (AvgIpc) is 2.81. The van der Waals surface area contributed by atoms with Gasteiger partial charge in [0.25, 0.3) is 0 Å². The van der Waals surface area contributed by atoms with Crippen molar-refractivity contribution in [3.63, 3.8) is 0 Å². The first-order chi connectivity index (χ1) is 5.59. The van der Waals surface area contributed by atoms with Gasteiger partial charge in [0.05, 0.1) is 5.60 Å². The van der Waals surface area contributed by atoms with Crippen molar-refractivity contribution in [3.8, 4) is 0 Å². The fraction of sp³-hybridized carbons (Fsp3) is 0.900. The Kier molecular flexibility index (Phi) is 2.89. The molecule has 0 saturated heterocycles. The molecule has 0 atom stereocenters. The summed E-state index contributed by atoms with van der Waals surface area (Å²) >= 11 is 0. The SMILES string of the molecule is COC1(CCC(=O)C(C)C)CC1. The molecule has 0 spiro atoms. The molecule has 1 saturated carbocycles. The highest BCUT2D eigenvalue weighted by Gasteiger charge is 2.42. The highest BCUT2D eigenvalue weighted by Crippen LogP contribution is 2.43. The molecule has 1 fully saturated rings. The van der Waals surface area contributed by atoms with Crippen LogP contribution in [0.1, 0.15) is 39.5 Å². The van der Waals surface area contributed by atoms with Gasteiger partial charge >= 0.3 is 0 Å². The summed E-state index contributed by atoms with van der Waals surface area (Å²) in [5.74, 6) is 0.538. The van der Waals surface area contributed by atoms with Gasteiger partial charge < -0.3 is 4.74 Å². The number of hydrogen-bond acceptors (Lipinski definition) is 2. The first-order valence-corrected chi connectivity index (χ1v) is 4.67. The van der Waals surface area contributed by atoms with Crippen LogP contribution < -0.4 is 0 Å². The van der Waals surface area contributed by atoms with Crippen LogP contribution in [0.25, 0.3) is 0 Å². The molecule has 2 heteroatoms. The Balaban J connectivity index is 2.21. The minimum absolute atomic E-state index is 0.0878. The van der Waals surface area contributed by atoms with Crippen LogP contribution in [-0.4, -0.2) is 18.5 Å². The fourth-order valence-corrected chi connectivity index (χ4v) is 1.34. The Morgan fingerprint density at radius 3 is 2.42 bits per heavy atom. The Labute approximate surface area is 74.3 Å². The second kappa shape index (κ2) is 3.56. The predicted octanol–water partition coefficient (Wildman–Crippen LogP) is 2.17. The smallest absolute Gasteiger partial charge is 0.135 e. The summed E-state index contributed by atoms with van der Waals surface area (Å²) in [4.78, 5) is 11.3. The molecule has 0 aliphatic heterocycles. The maximum atomic E-state index is 11.3. The molecule has 1 aliphatic rings. The lowest BCUT2D eigenvalue weighted by molar-refractivity contribution is -0.122. The second-order valence-electron chi connectivity index (χ2n) is 4.01. The number of carbonyl (C=O) groups excluding carboxylic acids is 1. The van der Waals surface area contributed by atoms with Crippen molar-refractivity contribution in [2.24, 2.45) is 5.92 Å². The molecule has 0 unspecified atom stereocenters. The molecule has 0 amide bonds. The molecule has 0 bridgehead atoms. The van der Waals surface area contributed by atoms with Gasteiger partial charge in [-0.3, -0.25) is 4.79 Å². The van der Waals surface area contributed by atoms with Crippen molar-refractivity contribution in [2.45, 2.75) is 45.1 Å². The normalized spacial score (nSPS) is 19.7. The predicted molar refractivity (Wildman–Crippen MR) is 48.1 cm³/mol. The lowest BCUT2D eigenvalue weighted by atomic mass is 10.0. The zero-order valence-corrected chi connectivity index (χ0v) is 8.22. The summed E-state index contributed by atoms with van der Waals surface area (Å²) < 4.78 is 5.33. The number of Topliss-reactive ketones (excluding diaryl/α,β-unsaturated/α-hetero) is 1. The number of carbonyl (C=O) groups is 1. The van der Waals surface area contributed by atoms with Crippen LogP contribution in [0.5, 0.6) is 0 Å². The molecule has 0 heterocycles. The molecule has 1 aliphatic carbocycles. The van der Waals surface area contributed by atoms with E-state index in [0.717, 1.165) is 19.3 Å². The number of methoxy groups -OCH3 is 1. The molecule has 1 rings (SSSR count). The van der Waals surface area contributed by atoms with Crippen molar-refractivity contribution in [1.29, 1.82) is 0 Å². The Morgan fingerprint density at radius 1 is 1.50 bits per heavy atom. The summed E-state index contributed by atoms with van der Waals surface area (Å²) in [5, 5.41) is 0. The van der Waals surface area contributed by atoms with Crippen molar-refractivity contribution in [1.82, 2.24) is 0 Å². The summed E-state index contributed by atoms with van der Waals surface area (Å²) in [6.45, 7) is 3.91. The molecule has 0 aromatic heterocycles. The van der Waals surface area contributed by atoms with Crippen molar-refractivity contribution < 1.29 is 9.53 Å². The third kappa shape index (κ3) is 2.31. The standard InChI is InChI=1S/C10H18O2/c1-8(2)9(11)4-5-10(12-3)6-7-10/h8H,4-7H2,1-3H3. The fourth-order valence-electron chi connectivity index (χ4n) is 1.34. The van der Waals surface area contributed by atoms with Gasteiger partial charge in [-0.05, 0) is 19.3 Å². The maximum Gasteiger partial charge on any atom is 0.135 e. The van der Waals surface area contributed by atoms with E-state index in [1.165, 1.54) is 0 Å². The third-order valence-corrected chi connectivity index (χ3v) is 2.71. The molecule has 2 nitrogen and oxygen atoms in total. The zero-order valence-electron chi connectivity index (χ0n) is 8.22. The Morgan fingerprint density at radius 2 is 2.08 bits per heavy atom. The molecule has 0 aromatic rings. The number of ketones is 1. The van der Waals surface area contributed by atoms with E-state index in [0.29, 0.717) is 12.2 Å². The van der Waals surface area contributed by atoms with Crippen LogP contribution in [0.2, 0.25) is 0 Å². The van der Waals surface area contributed by atoms with E-state index < -0.39 is 0 Å². The highest BCUT2D eigenvalue weighted by molar-refractivity contribution is 5.80. The monoisotopic (exact) mass is 170 g/mol. The molecule has 0 radical (unpaired) electrons. The molecular formula is C10H18O2. The first kappa shape index (κ1) is 9.72. The molecule has 0 N–H and O–H groups in total. The highest BCUT2D eigenvalue weighted by atomic mass is 16.5. The summed E-state index contributed by atoms with van der Waals surface area (Å²) in [6.07, 6.45) is 3.87. The lowest BCUT2D eigenvalue weighted by Crippen LogP contribution is -2.15. The van der Waals surface area contributed by atoms with E-state index in [9.17, 15) is 4.79 Å². The third-order valence-electron chi connectivity index (χ3n) is 2.71. The van der Waals surface area contributed by atoms with E-state index >= 15 is 0 Å². The van der Waals surface area contributed by atoms with Crippen molar-refractivity contribution in [3.05, 3.63) is 0 Å². The Bertz CT molecular complexity index is 169. The number of rotatable bonds is 5. The van der Waals surface area contributed by atoms with Gasteiger partial charge in [0.15, 0.2) is 0 Å². The van der Waals surface area contributed by atoms with Gasteiger partial charge in [-0.15, -0.1) is 0 Å². The van der Waals surface area contributed by atoms with Gasteiger partial charge in [0, 0.05) is 19.4 Å². The maximum absolute atomic E-state index is 11.3. The molecular weight excluding hydrogens is 152 g/mol. The van der Waals surface area contributed by atoms with Crippen LogP contribution in [-0.2, 0) is 9.53 Å². The van der Waals surface area contributed by atoms with Crippen molar-refractivity contribution >= 4 is 5.78 Å². The minimum atomic E-state index is 0.0878. The molecule has 70 valence electrons. The summed E-state index contributed by atoms with van der Waals surface area (Å²) in [6, 6.07) is 0. The quantitative estimate of drug-likeness (QED) is 0.632. The van der Waals surface area contributed by atoms with Crippen LogP contribution in [0, 0.1) is 5.92 Å².